The highest BCUT2D eigenvalue weighted by molar-refractivity contribution is 8.00. The molecule has 3 atom stereocenters. The predicted octanol–water partition coefficient (Wildman–Crippen LogP) is 4.98. The molecule has 3 amide bonds. The van der Waals surface area contributed by atoms with Crippen molar-refractivity contribution in [2.45, 2.75) is 28.9 Å². The van der Waals surface area contributed by atoms with Gasteiger partial charge in [0.25, 0.3) is 5.69 Å². The van der Waals surface area contributed by atoms with E-state index in [-0.39, 0.29) is 33.4 Å². The number of non-ortho nitro benzene ring substituents is 1. The summed E-state index contributed by atoms with van der Waals surface area (Å²) >= 11 is 1.62. The molecular formula is C29H19F3N4O7S2. The first-order valence-corrected chi connectivity index (χ1v) is 14.8. The van der Waals surface area contributed by atoms with Crippen molar-refractivity contribution in [2.24, 2.45) is 5.92 Å². The molecule has 1 fully saturated rings. The maximum absolute atomic E-state index is 13.9. The van der Waals surface area contributed by atoms with Crippen molar-refractivity contribution in [3.63, 3.8) is 0 Å². The summed E-state index contributed by atoms with van der Waals surface area (Å²) in [5.74, 6) is -4.35. The highest BCUT2D eigenvalue weighted by Crippen LogP contribution is 2.55. The number of nitro benzene ring substituents is 1. The number of phenolic OH excluding ortho intramolecular Hbond substituents is 1. The lowest BCUT2D eigenvalue weighted by Gasteiger charge is -2.31. The van der Waals surface area contributed by atoms with Gasteiger partial charge in [0, 0.05) is 34.2 Å². The van der Waals surface area contributed by atoms with Crippen LogP contribution in [-0.2, 0) is 27.1 Å². The second-order valence-electron chi connectivity index (χ2n) is 10.1. The molecule has 6 rings (SSSR count). The first kappa shape index (κ1) is 30.1. The van der Waals surface area contributed by atoms with Crippen molar-refractivity contribution in [3.8, 4) is 5.75 Å². The van der Waals surface area contributed by atoms with Crippen LogP contribution in [0, 0.1) is 16.0 Å². The number of anilines is 2. The Morgan fingerprint density at radius 2 is 1.71 bits per heavy atom. The van der Waals surface area contributed by atoms with E-state index < -0.39 is 62.9 Å². The van der Waals surface area contributed by atoms with Gasteiger partial charge in [-0.2, -0.15) is 13.2 Å². The minimum Gasteiger partial charge on any atom is -0.508 e. The summed E-state index contributed by atoms with van der Waals surface area (Å²) in [6.45, 7) is -0.604. The van der Waals surface area contributed by atoms with E-state index in [1.165, 1.54) is 24.3 Å². The molecule has 230 valence electrons. The second-order valence-corrected chi connectivity index (χ2v) is 12.3. The average molecular weight is 657 g/mol. The number of aromatic nitrogens is 1. The lowest BCUT2D eigenvalue weighted by molar-refractivity contribution is -0.384. The van der Waals surface area contributed by atoms with Crippen molar-refractivity contribution in [3.05, 3.63) is 109 Å². The number of rotatable bonds is 6. The van der Waals surface area contributed by atoms with Gasteiger partial charge in [-0.3, -0.25) is 33.9 Å². The van der Waals surface area contributed by atoms with Gasteiger partial charge >= 0.3 is 11.0 Å². The van der Waals surface area contributed by atoms with Gasteiger partial charge in [0.05, 0.1) is 27.1 Å². The molecule has 16 heteroatoms. The Hall–Kier alpha value is -4.96. The van der Waals surface area contributed by atoms with Gasteiger partial charge in [-0.05, 0) is 36.4 Å². The Morgan fingerprint density at radius 3 is 2.38 bits per heavy atom. The number of hydrogen-bond donors (Lipinski definition) is 2. The van der Waals surface area contributed by atoms with Crippen LogP contribution in [-0.4, -0.2) is 37.6 Å². The molecule has 2 aliphatic rings. The smallest absolute Gasteiger partial charge is 0.416 e. The topological polar surface area (TPSA) is 152 Å². The van der Waals surface area contributed by atoms with Crippen LogP contribution in [0.4, 0.5) is 30.2 Å². The molecule has 2 aliphatic heterocycles. The number of carbonyl (C=O) groups is 3. The zero-order valence-electron chi connectivity index (χ0n) is 22.6. The van der Waals surface area contributed by atoms with E-state index in [1.807, 2.05) is 0 Å². The summed E-state index contributed by atoms with van der Waals surface area (Å²) in [6, 6.07) is 15.0. The fourth-order valence-corrected chi connectivity index (χ4v) is 8.20. The maximum Gasteiger partial charge on any atom is 0.416 e. The molecule has 0 spiro atoms. The summed E-state index contributed by atoms with van der Waals surface area (Å²) in [4.78, 5) is 65.0. The SMILES string of the molecule is O=C(Cn1c2c(sc1=O)[C@@H](c1ccccc1O)C1C(=O)N(c3ccc([N+](=O)[O-])cc3)C(=O)C1S2)Nc1cccc(C(F)(F)F)c1. The summed E-state index contributed by atoms with van der Waals surface area (Å²) in [6.07, 6.45) is -4.64. The van der Waals surface area contributed by atoms with E-state index in [1.54, 1.807) is 18.2 Å². The number of hydrogen-bond acceptors (Lipinski definition) is 9. The number of nitro groups is 1. The van der Waals surface area contributed by atoms with Gasteiger partial charge in [-0.25, -0.2) is 4.90 Å². The normalized spacial score (nSPS) is 19.3. The zero-order valence-corrected chi connectivity index (χ0v) is 24.2. The van der Waals surface area contributed by atoms with Crippen LogP contribution in [0.25, 0.3) is 0 Å². The molecule has 0 saturated carbocycles. The van der Waals surface area contributed by atoms with Gasteiger partial charge in [0.2, 0.25) is 17.7 Å². The van der Waals surface area contributed by atoms with Crippen LogP contribution >= 0.6 is 23.1 Å². The quantitative estimate of drug-likeness (QED) is 0.168. The Balaban J connectivity index is 1.38. The molecule has 3 aromatic carbocycles. The number of phenols is 1. The lowest BCUT2D eigenvalue weighted by atomic mass is 9.82. The number of benzene rings is 3. The minimum atomic E-state index is -4.64. The van der Waals surface area contributed by atoms with Crippen molar-refractivity contribution in [1.29, 1.82) is 0 Å². The number of alkyl halides is 3. The third-order valence-electron chi connectivity index (χ3n) is 7.42. The number of thiazole rings is 1. The molecule has 1 saturated heterocycles. The number of amides is 3. The standard InChI is InChI=1S/C29H19F3N4O7S2/c30-29(31,32)14-4-3-5-15(12-14)33-20(38)13-34-27-24(45-28(34)41)21(18-6-1-2-7-19(18)37)22-23(44-27)26(40)35(25(22)39)16-8-10-17(11-9-16)36(42)43/h1-12,21-23,37H,13H2,(H,33,38)/t21-,22?,23?/m0/s1. The summed E-state index contributed by atoms with van der Waals surface area (Å²) in [7, 11) is 0. The largest absolute Gasteiger partial charge is 0.508 e. The van der Waals surface area contributed by atoms with E-state index in [0.717, 1.165) is 62.9 Å². The number of imide groups is 1. The third-order valence-corrected chi connectivity index (χ3v) is 10.0. The predicted molar refractivity (Wildman–Crippen MR) is 157 cm³/mol. The molecule has 45 heavy (non-hydrogen) atoms. The molecule has 4 aromatic rings. The summed E-state index contributed by atoms with van der Waals surface area (Å²) in [5, 5.41) is 23.4. The third kappa shape index (κ3) is 5.35. The van der Waals surface area contributed by atoms with Gasteiger partial charge < -0.3 is 10.4 Å². The fourth-order valence-electron chi connectivity index (χ4n) is 5.44. The Kier molecular flexibility index (Phi) is 7.48. The van der Waals surface area contributed by atoms with Crippen molar-refractivity contribution >= 4 is 57.9 Å². The molecule has 0 aliphatic carbocycles. The van der Waals surface area contributed by atoms with Crippen LogP contribution in [0.1, 0.15) is 21.9 Å². The number of para-hydroxylation sites is 1. The van der Waals surface area contributed by atoms with Gasteiger partial charge in [0.1, 0.15) is 17.5 Å². The molecule has 0 bridgehead atoms. The number of nitrogens with one attached hydrogen (secondary N) is 1. The van der Waals surface area contributed by atoms with E-state index in [0.29, 0.717) is 4.88 Å². The zero-order chi connectivity index (χ0) is 32.2. The maximum atomic E-state index is 13.9. The van der Waals surface area contributed by atoms with Crippen LogP contribution in [0.3, 0.4) is 0 Å². The number of nitrogens with zero attached hydrogens (tertiary/aromatic N) is 3. The van der Waals surface area contributed by atoms with E-state index in [2.05, 4.69) is 5.32 Å². The molecular weight excluding hydrogens is 637 g/mol. The first-order chi connectivity index (χ1) is 21.3. The summed E-state index contributed by atoms with van der Waals surface area (Å²) < 4.78 is 40.5. The Morgan fingerprint density at radius 1 is 1.00 bits per heavy atom. The molecule has 2 unspecified atom stereocenters. The van der Waals surface area contributed by atoms with Crippen LogP contribution in [0.15, 0.2) is 82.6 Å². The molecule has 0 radical (unpaired) electrons. The fraction of sp³-hybridized carbons (Fsp3) is 0.172. The highest BCUT2D eigenvalue weighted by atomic mass is 32.2. The van der Waals surface area contributed by atoms with Crippen LogP contribution < -0.4 is 15.1 Å². The molecule has 1 aromatic heterocycles. The average Bonchev–Trinajstić information content (AvgIpc) is 3.43. The van der Waals surface area contributed by atoms with Crippen molar-refractivity contribution in [2.75, 3.05) is 10.2 Å². The molecule has 11 nitrogen and oxygen atoms in total. The lowest BCUT2D eigenvalue weighted by Crippen LogP contribution is -2.33. The second kappa shape index (κ2) is 11.2. The molecule has 3 heterocycles. The number of fused-ring (bicyclic) bond motifs is 2. The number of aromatic hydroxyl groups is 1. The van der Waals surface area contributed by atoms with E-state index >= 15 is 0 Å². The van der Waals surface area contributed by atoms with Gasteiger partial charge in [-0.1, -0.05) is 47.4 Å². The van der Waals surface area contributed by atoms with E-state index in [9.17, 15) is 47.6 Å². The highest BCUT2D eigenvalue weighted by Gasteiger charge is 2.57. The summed E-state index contributed by atoms with van der Waals surface area (Å²) in [5.41, 5.74) is -0.988. The van der Waals surface area contributed by atoms with Crippen LogP contribution in [0.2, 0.25) is 0 Å². The number of thioether (sulfide) groups is 1. The van der Waals surface area contributed by atoms with E-state index in [4.69, 9.17) is 0 Å². The van der Waals surface area contributed by atoms with Crippen molar-refractivity contribution in [1.82, 2.24) is 4.57 Å². The number of halogens is 3. The Bertz CT molecular complexity index is 1940. The molecule has 2 N–H and O–H groups in total. The van der Waals surface area contributed by atoms with Crippen LogP contribution in [0.5, 0.6) is 5.75 Å². The van der Waals surface area contributed by atoms with Gasteiger partial charge in [0.15, 0.2) is 0 Å². The number of carbonyl (C=O) groups excluding carboxylic acids is 3. The van der Waals surface area contributed by atoms with Crippen molar-refractivity contribution < 1.29 is 37.6 Å². The first-order valence-electron chi connectivity index (χ1n) is 13.1. The minimum absolute atomic E-state index is 0.0999. The monoisotopic (exact) mass is 656 g/mol. The van der Waals surface area contributed by atoms with Gasteiger partial charge in [-0.15, -0.1) is 0 Å². The Labute approximate surface area is 259 Å².